The van der Waals surface area contributed by atoms with E-state index in [2.05, 4.69) is 4.98 Å². The molecule has 0 atom stereocenters. The van der Waals surface area contributed by atoms with Crippen LogP contribution in [0.2, 0.25) is 0 Å². The summed E-state index contributed by atoms with van der Waals surface area (Å²) in [4.78, 5) is 5.17. The fraction of sp³-hybridized carbons (Fsp3) is 0.294. The van der Waals surface area contributed by atoms with Gasteiger partial charge in [0.05, 0.1) is 31.3 Å². The van der Waals surface area contributed by atoms with Crippen LogP contribution in [0.3, 0.4) is 0 Å². The molecule has 0 radical (unpaired) electrons. The van der Waals surface area contributed by atoms with Gasteiger partial charge >= 0.3 is 5.69 Å². The topological polar surface area (TPSA) is 55.8 Å². The Morgan fingerprint density at radius 1 is 1.00 bits per heavy atom. The highest BCUT2D eigenvalue weighted by Crippen LogP contribution is 2.44. The third-order valence-corrected chi connectivity index (χ3v) is 4.03. The highest BCUT2D eigenvalue weighted by molar-refractivity contribution is 7.99. The molecule has 6 heteroatoms. The Kier molecular flexibility index (Phi) is 6.12. The van der Waals surface area contributed by atoms with Crippen molar-refractivity contribution >= 4 is 17.4 Å². The van der Waals surface area contributed by atoms with Gasteiger partial charge in [0.25, 0.3) is 0 Å². The quantitative estimate of drug-likeness (QED) is 0.658. The molecule has 0 N–H and O–H groups in total. The van der Waals surface area contributed by atoms with E-state index in [9.17, 15) is 5.39 Å². The van der Waals surface area contributed by atoms with Crippen LogP contribution in [0.15, 0.2) is 46.2 Å². The fourth-order valence-electron chi connectivity index (χ4n) is 2.02. The molecule has 120 valence electrons. The molecule has 5 nitrogen and oxygen atoms in total. The molecule has 0 amide bonds. The first-order chi connectivity index (χ1) is 11.2. The molecule has 0 aliphatic heterocycles. The van der Waals surface area contributed by atoms with Crippen molar-refractivity contribution in [2.75, 3.05) is 20.3 Å². The van der Waals surface area contributed by atoms with Crippen LogP contribution in [0.25, 0.3) is 4.98 Å². The predicted octanol–water partition coefficient (Wildman–Crippen LogP) is 5.13. The van der Waals surface area contributed by atoms with Gasteiger partial charge in [0.15, 0.2) is 4.98 Å². The van der Waals surface area contributed by atoms with Crippen molar-refractivity contribution in [2.24, 2.45) is 0 Å². The largest absolute Gasteiger partial charge is 0.497 e. The van der Waals surface area contributed by atoms with Crippen LogP contribution >= 0.6 is 11.8 Å². The van der Waals surface area contributed by atoms with Gasteiger partial charge in [0, 0.05) is 4.90 Å². The average molecular weight is 331 g/mol. The van der Waals surface area contributed by atoms with Crippen LogP contribution < -0.4 is 14.2 Å². The number of benzene rings is 2. The number of hydrogen-bond donors (Lipinski definition) is 0. The predicted molar refractivity (Wildman–Crippen MR) is 90.6 cm³/mol. The summed E-state index contributed by atoms with van der Waals surface area (Å²) in [5, 5.41) is 9.26. The van der Waals surface area contributed by atoms with E-state index in [1.165, 1.54) is 11.8 Å². The van der Waals surface area contributed by atoms with Crippen LogP contribution in [0.5, 0.6) is 17.2 Å². The molecule has 23 heavy (non-hydrogen) atoms. The summed E-state index contributed by atoms with van der Waals surface area (Å²) in [6, 6.07) is 11.3. The van der Waals surface area contributed by atoms with Gasteiger partial charge in [0.2, 0.25) is 11.1 Å². The van der Waals surface area contributed by atoms with Crippen molar-refractivity contribution in [1.29, 1.82) is 5.39 Å². The minimum atomic E-state index is 0.355. The summed E-state index contributed by atoms with van der Waals surface area (Å²) in [5.41, 5.74) is 0.355. The van der Waals surface area contributed by atoms with E-state index in [1.54, 1.807) is 13.2 Å². The lowest BCUT2D eigenvalue weighted by Crippen LogP contribution is -1.96. The molecular weight excluding hydrogens is 312 g/mol. The van der Waals surface area contributed by atoms with Crippen molar-refractivity contribution in [3.63, 3.8) is 0 Å². The van der Waals surface area contributed by atoms with Gasteiger partial charge in [-0.15, -0.1) is 0 Å². The summed E-state index contributed by atoms with van der Waals surface area (Å²) < 4.78 is 16.4. The Bertz CT molecular complexity index is 696. The number of nitrogens with zero attached hydrogens (tertiary/aromatic N) is 2. The molecule has 0 aliphatic carbocycles. The highest BCUT2D eigenvalue weighted by atomic mass is 32.2. The summed E-state index contributed by atoms with van der Waals surface area (Å²) >= 11 is 1.51. The van der Waals surface area contributed by atoms with Gasteiger partial charge in [-0.25, -0.2) is 0 Å². The molecule has 0 aliphatic rings. The van der Waals surface area contributed by atoms with Crippen LogP contribution in [0.1, 0.15) is 13.8 Å². The van der Waals surface area contributed by atoms with E-state index in [-0.39, 0.29) is 0 Å². The van der Waals surface area contributed by atoms with E-state index >= 15 is 0 Å². The lowest BCUT2D eigenvalue weighted by Gasteiger charge is -2.10. The molecule has 0 unspecified atom stereocenters. The first-order valence-electron chi connectivity index (χ1n) is 7.32. The molecule has 0 saturated carbocycles. The third-order valence-electron chi connectivity index (χ3n) is 3.00. The number of ether oxygens (including phenoxy) is 3. The molecular formula is C17H19N2O3S+. The SMILES string of the molecule is CCOc1cc([N+]#N)c(OCC)c(Sc2ccc(OC)cc2)c1. The van der Waals surface area contributed by atoms with E-state index < -0.39 is 0 Å². The Morgan fingerprint density at radius 3 is 2.26 bits per heavy atom. The van der Waals surface area contributed by atoms with Crippen molar-refractivity contribution in [3.05, 3.63) is 41.4 Å². The maximum Gasteiger partial charge on any atom is 0.431 e. The zero-order valence-corrected chi connectivity index (χ0v) is 14.2. The van der Waals surface area contributed by atoms with Gasteiger partial charge in [-0.3, -0.25) is 0 Å². The lowest BCUT2D eigenvalue weighted by molar-refractivity contribution is 0.325. The molecule has 0 fully saturated rings. The molecule has 0 spiro atoms. The number of methoxy groups -OCH3 is 1. The molecule has 0 aromatic heterocycles. The smallest absolute Gasteiger partial charge is 0.431 e. The number of diazo groups is 1. The maximum atomic E-state index is 9.26. The van der Waals surface area contributed by atoms with Gasteiger partial charge in [-0.05, 0) is 44.2 Å². The molecule has 2 aromatic carbocycles. The first-order valence-corrected chi connectivity index (χ1v) is 8.14. The van der Waals surface area contributed by atoms with Crippen molar-refractivity contribution < 1.29 is 14.2 Å². The van der Waals surface area contributed by atoms with E-state index in [0.29, 0.717) is 30.4 Å². The second-order valence-electron chi connectivity index (χ2n) is 4.51. The van der Waals surface area contributed by atoms with Gasteiger partial charge < -0.3 is 14.2 Å². The van der Waals surface area contributed by atoms with Gasteiger partial charge in [0.1, 0.15) is 11.5 Å². The minimum Gasteiger partial charge on any atom is -0.497 e. The number of hydrogen-bond acceptors (Lipinski definition) is 5. The van der Waals surface area contributed by atoms with Crippen LogP contribution in [-0.4, -0.2) is 20.3 Å². The third kappa shape index (κ3) is 4.30. The summed E-state index contributed by atoms with van der Waals surface area (Å²) in [5.74, 6) is 1.98. The normalized spacial score (nSPS) is 10.0. The number of rotatable bonds is 7. The molecule has 0 heterocycles. The second-order valence-corrected chi connectivity index (χ2v) is 5.63. The summed E-state index contributed by atoms with van der Waals surface area (Å²) in [6.45, 7) is 4.81. The summed E-state index contributed by atoms with van der Waals surface area (Å²) in [6.07, 6.45) is 0. The average Bonchev–Trinajstić information content (AvgIpc) is 2.58. The van der Waals surface area contributed by atoms with E-state index in [1.807, 2.05) is 44.2 Å². The minimum absolute atomic E-state index is 0.355. The van der Waals surface area contributed by atoms with E-state index in [0.717, 1.165) is 15.5 Å². The van der Waals surface area contributed by atoms with Crippen LogP contribution in [0.4, 0.5) is 5.69 Å². The van der Waals surface area contributed by atoms with E-state index in [4.69, 9.17) is 14.2 Å². The maximum absolute atomic E-state index is 9.26. The first kappa shape index (κ1) is 17.0. The Balaban J connectivity index is 2.40. The lowest BCUT2D eigenvalue weighted by atomic mass is 10.2. The van der Waals surface area contributed by atoms with Crippen molar-refractivity contribution in [1.82, 2.24) is 0 Å². The molecule has 0 saturated heterocycles. The zero-order chi connectivity index (χ0) is 16.7. The Labute approximate surface area is 140 Å². The fourth-order valence-corrected chi connectivity index (χ4v) is 2.98. The molecule has 0 bridgehead atoms. The van der Waals surface area contributed by atoms with Gasteiger partial charge in [-0.2, -0.15) is 0 Å². The second kappa shape index (κ2) is 8.30. The Hall–Kier alpha value is -2.39. The molecule has 2 aromatic rings. The van der Waals surface area contributed by atoms with Crippen LogP contribution in [-0.2, 0) is 0 Å². The van der Waals surface area contributed by atoms with Crippen molar-refractivity contribution in [3.8, 4) is 17.2 Å². The standard InChI is InChI=1S/C17H19N2O3S/c1-4-21-13-10-15(19-18)17(22-5-2)16(11-13)23-14-8-6-12(20-3)7-9-14/h6-11H,4-5H2,1-3H3/q+1. The van der Waals surface area contributed by atoms with Gasteiger partial charge in [-0.1, -0.05) is 11.8 Å². The summed E-state index contributed by atoms with van der Waals surface area (Å²) in [7, 11) is 1.63. The van der Waals surface area contributed by atoms with Crippen molar-refractivity contribution in [2.45, 2.75) is 23.6 Å². The van der Waals surface area contributed by atoms with Crippen LogP contribution in [0, 0.1) is 5.39 Å². The molecule has 2 rings (SSSR count). The zero-order valence-electron chi connectivity index (χ0n) is 13.4. The Morgan fingerprint density at radius 2 is 1.70 bits per heavy atom. The highest BCUT2D eigenvalue weighted by Gasteiger charge is 2.23. The monoisotopic (exact) mass is 331 g/mol.